The Morgan fingerprint density at radius 2 is 2.12 bits per heavy atom. The zero-order valence-electron chi connectivity index (χ0n) is 14.1. The van der Waals surface area contributed by atoms with Crippen LogP contribution in [-0.4, -0.2) is 24.5 Å². The third-order valence-electron chi connectivity index (χ3n) is 4.98. The predicted molar refractivity (Wildman–Crippen MR) is 95.7 cm³/mol. The zero-order chi connectivity index (χ0) is 17.4. The number of benzene rings is 2. The van der Waals surface area contributed by atoms with Gasteiger partial charge in [0.2, 0.25) is 5.91 Å². The van der Waals surface area contributed by atoms with Crippen LogP contribution in [0.25, 0.3) is 0 Å². The second-order valence-electron chi connectivity index (χ2n) is 6.58. The fourth-order valence-electron chi connectivity index (χ4n) is 3.56. The Hall–Kier alpha value is -2.82. The molecule has 1 saturated heterocycles. The largest absolute Gasteiger partial charge is 0.457 e. The number of fused-ring (bicyclic) bond motifs is 3. The highest BCUT2D eigenvalue weighted by atomic mass is 16.5. The molecule has 2 aliphatic heterocycles. The first-order valence-corrected chi connectivity index (χ1v) is 8.56. The molecule has 128 valence electrons. The number of anilines is 2. The number of hydrogen-bond acceptors (Lipinski definition) is 4. The van der Waals surface area contributed by atoms with Crippen LogP contribution in [0.15, 0.2) is 42.5 Å². The summed E-state index contributed by atoms with van der Waals surface area (Å²) in [4.78, 5) is 26.7. The number of nitrogens with zero attached hydrogens (tertiary/aromatic N) is 1. The molecule has 1 N–H and O–H groups in total. The third kappa shape index (κ3) is 2.86. The van der Waals surface area contributed by atoms with Gasteiger partial charge < -0.3 is 15.0 Å². The van der Waals surface area contributed by atoms with Crippen LogP contribution in [0, 0.1) is 6.92 Å². The monoisotopic (exact) mass is 336 g/mol. The highest BCUT2D eigenvalue weighted by Crippen LogP contribution is 2.37. The number of nitrogens with one attached hydrogen (secondary N) is 1. The number of rotatable bonds is 3. The van der Waals surface area contributed by atoms with Crippen molar-refractivity contribution in [3.63, 3.8) is 0 Å². The van der Waals surface area contributed by atoms with Crippen molar-refractivity contribution in [3.05, 3.63) is 59.2 Å². The minimum absolute atomic E-state index is 0.00966. The Balaban J connectivity index is 1.52. The lowest BCUT2D eigenvalue weighted by Gasteiger charge is -2.33. The maximum Gasteiger partial charge on any atom is 0.338 e. The molecule has 0 aliphatic carbocycles. The molecule has 0 spiro atoms. The van der Waals surface area contributed by atoms with Crippen molar-refractivity contribution >= 4 is 23.3 Å². The standard InChI is InChI=1S/C20H20N2O3/c1-13-5-2-3-6-15(13)12-25-20(24)14-8-9-17-16(11-14)21-19(23)18-7-4-10-22(17)18/h2-3,5-6,8-9,11,18H,4,7,10,12H2,1H3,(H,21,23)/t18-/m0/s1. The van der Waals surface area contributed by atoms with E-state index < -0.39 is 0 Å². The highest BCUT2D eigenvalue weighted by molar-refractivity contribution is 6.05. The van der Waals surface area contributed by atoms with Gasteiger partial charge in [-0.05, 0) is 49.1 Å². The summed E-state index contributed by atoms with van der Waals surface area (Å²) < 4.78 is 5.43. The first kappa shape index (κ1) is 15.7. The first-order chi connectivity index (χ1) is 12.1. The molecule has 0 bridgehead atoms. The van der Waals surface area contributed by atoms with Crippen molar-refractivity contribution in [1.29, 1.82) is 0 Å². The van der Waals surface area contributed by atoms with Gasteiger partial charge in [-0.2, -0.15) is 0 Å². The van der Waals surface area contributed by atoms with Crippen LogP contribution in [0.5, 0.6) is 0 Å². The van der Waals surface area contributed by atoms with E-state index in [1.165, 1.54) is 0 Å². The molecule has 0 saturated carbocycles. The van der Waals surface area contributed by atoms with Gasteiger partial charge in [0.05, 0.1) is 16.9 Å². The molecule has 1 amide bonds. The van der Waals surface area contributed by atoms with Gasteiger partial charge in [-0.15, -0.1) is 0 Å². The topological polar surface area (TPSA) is 58.6 Å². The molecule has 0 aromatic heterocycles. The summed E-state index contributed by atoms with van der Waals surface area (Å²) in [7, 11) is 0. The summed E-state index contributed by atoms with van der Waals surface area (Å²) >= 11 is 0. The normalized spacial score (nSPS) is 18.4. The van der Waals surface area contributed by atoms with Crippen molar-refractivity contribution in [1.82, 2.24) is 0 Å². The van der Waals surface area contributed by atoms with Gasteiger partial charge in [-0.25, -0.2) is 4.79 Å². The Morgan fingerprint density at radius 1 is 1.28 bits per heavy atom. The minimum Gasteiger partial charge on any atom is -0.457 e. The Morgan fingerprint density at radius 3 is 2.96 bits per heavy atom. The molecule has 0 radical (unpaired) electrons. The summed E-state index contributed by atoms with van der Waals surface area (Å²) in [6, 6.07) is 13.1. The van der Waals surface area contributed by atoms with Crippen molar-refractivity contribution in [3.8, 4) is 0 Å². The van der Waals surface area contributed by atoms with Crippen molar-refractivity contribution < 1.29 is 14.3 Å². The van der Waals surface area contributed by atoms with E-state index in [9.17, 15) is 9.59 Å². The minimum atomic E-state index is -0.385. The molecule has 2 aromatic carbocycles. The molecule has 4 rings (SSSR count). The van der Waals surface area contributed by atoms with E-state index in [-0.39, 0.29) is 24.5 Å². The van der Waals surface area contributed by atoms with E-state index in [1.807, 2.05) is 37.3 Å². The highest BCUT2D eigenvalue weighted by Gasteiger charge is 2.36. The van der Waals surface area contributed by atoms with Crippen LogP contribution in [-0.2, 0) is 16.1 Å². The number of carbonyl (C=O) groups is 2. The molecule has 5 heteroatoms. The molecule has 25 heavy (non-hydrogen) atoms. The Bertz CT molecular complexity index is 847. The van der Waals surface area contributed by atoms with Crippen LogP contribution < -0.4 is 10.2 Å². The van der Waals surface area contributed by atoms with E-state index in [4.69, 9.17) is 4.74 Å². The lowest BCUT2D eigenvalue weighted by Crippen LogP contribution is -2.43. The Kier molecular flexibility index (Phi) is 3.92. The number of aryl methyl sites for hydroxylation is 1. The maximum absolute atomic E-state index is 12.4. The summed E-state index contributed by atoms with van der Waals surface area (Å²) in [5, 5.41) is 2.92. The van der Waals surface area contributed by atoms with Crippen LogP contribution in [0.3, 0.4) is 0 Å². The first-order valence-electron chi connectivity index (χ1n) is 8.56. The smallest absolute Gasteiger partial charge is 0.338 e. The van der Waals surface area contributed by atoms with Gasteiger partial charge >= 0.3 is 5.97 Å². The van der Waals surface area contributed by atoms with E-state index in [0.717, 1.165) is 36.2 Å². The van der Waals surface area contributed by atoms with Crippen molar-refractivity contribution in [2.45, 2.75) is 32.4 Å². The van der Waals surface area contributed by atoms with Crippen LogP contribution in [0.4, 0.5) is 11.4 Å². The van der Waals surface area contributed by atoms with Gasteiger partial charge in [-0.1, -0.05) is 24.3 Å². The van der Waals surface area contributed by atoms with Crippen molar-refractivity contribution in [2.75, 3.05) is 16.8 Å². The Labute approximate surface area is 146 Å². The average molecular weight is 336 g/mol. The van der Waals surface area contributed by atoms with Gasteiger partial charge in [0.25, 0.3) is 0 Å². The SMILES string of the molecule is Cc1ccccc1COC(=O)c1ccc2c(c1)NC(=O)[C@@H]1CCCN21. The molecular weight excluding hydrogens is 316 g/mol. The third-order valence-corrected chi connectivity index (χ3v) is 4.98. The van der Waals surface area contributed by atoms with Gasteiger partial charge in [0, 0.05) is 6.54 Å². The quantitative estimate of drug-likeness (QED) is 0.874. The molecule has 0 unspecified atom stereocenters. The molecule has 2 aromatic rings. The van der Waals surface area contributed by atoms with E-state index in [2.05, 4.69) is 10.2 Å². The summed E-state index contributed by atoms with van der Waals surface area (Å²) in [6.07, 6.45) is 1.89. The molecule has 2 heterocycles. The predicted octanol–water partition coefficient (Wildman–Crippen LogP) is 3.27. The average Bonchev–Trinajstić information content (AvgIpc) is 3.11. The summed E-state index contributed by atoms with van der Waals surface area (Å²) in [5.74, 6) is -0.376. The van der Waals surface area contributed by atoms with Gasteiger partial charge in [0.15, 0.2) is 0 Å². The molecule has 1 fully saturated rings. The second-order valence-corrected chi connectivity index (χ2v) is 6.58. The molecule has 5 nitrogen and oxygen atoms in total. The van der Waals surface area contributed by atoms with Crippen LogP contribution in [0.2, 0.25) is 0 Å². The number of carbonyl (C=O) groups excluding carboxylic acids is 2. The fourth-order valence-corrected chi connectivity index (χ4v) is 3.56. The van der Waals surface area contributed by atoms with Crippen molar-refractivity contribution in [2.24, 2.45) is 0 Å². The second kappa shape index (κ2) is 6.24. The molecular formula is C20H20N2O3. The van der Waals surface area contributed by atoms with Gasteiger partial charge in [0.1, 0.15) is 12.6 Å². The zero-order valence-corrected chi connectivity index (χ0v) is 14.1. The lowest BCUT2D eigenvalue weighted by atomic mass is 10.1. The fraction of sp³-hybridized carbons (Fsp3) is 0.300. The van der Waals surface area contributed by atoms with Crippen LogP contribution >= 0.6 is 0 Å². The molecule has 2 aliphatic rings. The molecule has 1 atom stereocenters. The number of esters is 1. The number of ether oxygens (including phenoxy) is 1. The van der Waals surface area contributed by atoms with E-state index >= 15 is 0 Å². The summed E-state index contributed by atoms with van der Waals surface area (Å²) in [6.45, 7) is 3.11. The van der Waals surface area contributed by atoms with Gasteiger partial charge in [-0.3, -0.25) is 4.79 Å². The van der Waals surface area contributed by atoms with Crippen LogP contribution in [0.1, 0.15) is 34.3 Å². The van der Waals surface area contributed by atoms with E-state index in [1.54, 1.807) is 12.1 Å². The number of amides is 1. The van der Waals surface area contributed by atoms with E-state index in [0.29, 0.717) is 11.3 Å². The lowest BCUT2D eigenvalue weighted by molar-refractivity contribution is -0.117. The number of hydrogen-bond donors (Lipinski definition) is 1. The summed E-state index contributed by atoms with van der Waals surface area (Å²) in [5.41, 5.74) is 4.20. The maximum atomic E-state index is 12.4.